The van der Waals surface area contributed by atoms with E-state index in [0.717, 1.165) is 17.2 Å². The van der Waals surface area contributed by atoms with Crippen LogP contribution in [0.4, 0.5) is 0 Å². The Morgan fingerprint density at radius 2 is 1.68 bits per heavy atom. The summed E-state index contributed by atoms with van der Waals surface area (Å²) < 4.78 is 6.72. The van der Waals surface area contributed by atoms with Crippen LogP contribution in [0.2, 0.25) is 0 Å². The van der Waals surface area contributed by atoms with E-state index in [4.69, 9.17) is 4.74 Å². The fourth-order valence-electron chi connectivity index (χ4n) is 4.01. The highest BCUT2D eigenvalue weighted by Crippen LogP contribution is 2.41. The first-order valence-electron chi connectivity index (χ1n) is 8.46. The molecule has 19 heavy (non-hydrogen) atoms. The molecule has 2 saturated carbocycles. The van der Waals surface area contributed by atoms with Gasteiger partial charge in [0.05, 0.1) is 11.7 Å². The highest BCUT2D eigenvalue weighted by molar-refractivity contribution is 9.09. The van der Waals surface area contributed by atoms with E-state index in [9.17, 15) is 0 Å². The first-order valence-corrected chi connectivity index (χ1v) is 9.59. The smallest absolute Gasteiger partial charge is 0.0783 e. The summed E-state index contributed by atoms with van der Waals surface area (Å²) in [6.45, 7) is 4.67. The first kappa shape index (κ1) is 15.8. The van der Waals surface area contributed by atoms with E-state index in [0.29, 0.717) is 6.10 Å². The number of alkyl halides is 1. The summed E-state index contributed by atoms with van der Waals surface area (Å²) in [6, 6.07) is 0. The Balaban J connectivity index is 1.94. The van der Waals surface area contributed by atoms with Gasteiger partial charge in [-0.2, -0.15) is 0 Å². The second kappa shape index (κ2) is 7.45. The fraction of sp³-hybridized carbons (Fsp3) is 1.00. The van der Waals surface area contributed by atoms with Crippen LogP contribution in [0.25, 0.3) is 0 Å². The van der Waals surface area contributed by atoms with Gasteiger partial charge in [-0.05, 0) is 50.4 Å². The zero-order chi connectivity index (χ0) is 13.7. The highest BCUT2D eigenvalue weighted by atomic mass is 79.9. The molecule has 2 rings (SSSR count). The Morgan fingerprint density at radius 3 is 2.26 bits per heavy atom. The SMILES string of the molecule is CCC1CCC(CBr)(OC2CCCCC2CC)CC1. The quantitative estimate of drug-likeness (QED) is 0.587. The van der Waals surface area contributed by atoms with E-state index in [2.05, 4.69) is 29.8 Å². The first-order chi connectivity index (χ1) is 9.23. The van der Waals surface area contributed by atoms with Crippen LogP contribution in [0.3, 0.4) is 0 Å². The Bertz CT molecular complexity index is 258. The van der Waals surface area contributed by atoms with Crippen molar-refractivity contribution in [3.05, 3.63) is 0 Å². The molecular weight excluding hydrogens is 300 g/mol. The lowest BCUT2D eigenvalue weighted by atomic mass is 9.77. The van der Waals surface area contributed by atoms with Crippen molar-refractivity contribution in [2.75, 3.05) is 5.33 Å². The molecule has 0 aromatic rings. The molecule has 1 nitrogen and oxygen atoms in total. The molecular formula is C17H31BrO. The molecule has 2 aliphatic rings. The number of hydrogen-bond donors (Lipinski definition) is 0. The summed E-state index contributed by atoms with van der Waals surface area (Å²) in [6.07, 6.45) is 13.9. The van der Waals surface area contributed by atoms with E-state index in [-0.39, 0.29) is 5.60 Å². The van der Waals surface area contributed by atoms with Crippen LogP contribution in [0.5, 0.6) is 0 Å². The van der Waals surface area contributed by atoms with Gasteiger partial charge in [-0.15, -0.1) is 0 Å². The van der Waals surface area contributed by atoms with E-state index in [1.54, 1.807) is 0 Å². The molecule has 0 aromatic heterocycles. The minimum Gasteiger partial charge on any atom is -0.371 e. The molecule has 2 fully saturated rings. The van der Waals surface area contributed by atoms with Gasteiger partial charge in [-0.1, -0.05) is 55.5 Å². The van der Waals surface area contributed by atoms with Gasteiger partial charge in [0, 0.05) is 5.33 Å². The molecule has 0 saturated heterocycles. The maximum Gasteiger partial charge on any atom is 0.0783 e. The minimum absolute atomic E-state index is 0.154. The standard InChI is InChI=1S/C17H31BrO/c1-3-14-9-11-17(13-18,12-10-14)19-16-8-6-5-7-15(16)4-2/h14-16H,3-13H2,1-2H3. The van der Waals surface area contributed by atoms with Crippen molar-refractivity contribution in [2.24, 2.45) is 11.8 Å². The Kier molecular flexibility index (Phi) is 6.20. The Labute approximate surface area is 128 Å². The third-order valence-corrected chi connectivity index (χ3v) is 6.62. The second-order valence-electron chi connectivity index (χ2n) is 6.78. The average Bonchev–Trinajstić information content (AvgIpc) is 2.48. The normalized spacial score (nSPS) is 40.3. The van der Waals surface area contributed by atoms with E-state index >= 15 is 0 Å². The number of rotatable bonds is 5. The van der Waals surface area contributed by atoms with Gasteiger partial charge < -0.3 is 4.74 Å². The largest absolute Gasteiger partial charge is 0.371 e. The van der Waals surface area contributed by atoms with Crippen molar-refractivity contribution in [3.63, 3.8) is 0 Å². The van der Waals surface area contributed by atoms with Crippen LogP contribution in [-0.4, -0.2) is 17.0 Å². The lowest BCUT2D eigenvalue weighted by Gasteiger charge is -2.44. The maximum absolute atomic E-state index is 6.72. The van der Waals surface area contributed by atoms with E-state index < -0.39 is 0 Å². The molecule has 0 aliphatic heterocycles. The van der Waals surface area contributed by atoms with Gasteiger partial charge in [0.15, 0.2) is 0 Å². The zero-order valence-corrected chi connectivity index (χ0v) is 14.4. The lowest BCUT2D eigenvalue weighted by molar-refractivity contribution is -0.134. The van der Waals surface area contributed by atoms with Crippen LogP contribution in [-0.2, 0) is 4.74 Å². The third-order valence-electron chi connectivity index (χ3n) is 5.60. The molecule has 2 unspecified atom stereocenters. The second-order valence-corrected chi connectivity index (χ2v) is 7.34. The molecule has 0 heterocycles. The summed E-state index contributed by atoms with van der Waals surface area (Å²) in [4.78, 5) is 0. The average molecular weight is 331 g/mol. The predicted octanol–water partition coefficient (Wildman–Crippen LogP) is 5.71. The number of halogens is 1. The molecule has 112 valence electrons. The topological polar surface area (TPSA) is 9.23 Å². The Morgan fingerprint density at radius 1 is 1.00 bits per heavy atom. The summed E-state index contributed by atoms with van der Waals surface area (Å²) >= 11 is 3.75. The third kappa shape index (κ3) is 3.97. The van der Waals surface area contributed by atoms with Gasteiger partial charge in [-0.3, -0.25) is 0 Å². The molecule has 0 bridgehead atoms. The van der Waals surface area contributed by atoms with Gasteiger partial charge >= 0.3 is 0 Å². The molecule has 0 spiro atoms. The molecule has 0 radical (unpaired) electrons. The van der Waals surface area contributed by atoms with Gasteiger partial charge in [0.1, 0.15) is 0 Å². The van der Waals surface area contributed by atoms with Crippen molar-refractivity contribution in [1.82, 2.24) is 0 Å². The number of hydrogen-bond acceptors (Lipinski definition) is 1. The van der Waals surface area contributed by atoms with Crippen molar-refractivity contribution >= 4 is 15.9 Å². The predicted molar refractivity (Wildman–Crippen MR) is 85.9 cm³/mol. The minimum atomic E-state index is 0.154. The molecule has 2 aliphatic carbocycles. The molecule has 2 heteroatoms. The van der Waals surface area contributed by atoms with Crippen LogP contribution in [0.15, 0.2) is 0 Å². The van der Waals surface area contributed by atoms with Crippen molar-refractivity contribution in [2.45, 2.75) is 89.8 Å². The van der Waals surface area contributed by atoms with E-state index in [1.165, 1.54) is 64.2 Å². The molecule has 2 atom stereocenters. The zero-order valence-electron chi connectivity index (χ0n) is 12.8. The molecule has 0 amide bonds. The van der Waals surface area contributed by atoms with Gasteiger partial charge in [-0.25, -0.2) is 0 Å². The summed E-state index contributed by atoms with van der Waals surface area (Å²) in [5, 5.41) is 1.03. The Hall–Kier alpha value is 0.440. The van der Waals surface area contributed by atoms with Crippen molar-refractivity contribution in [1.29, 1.82) is 0 Å². The van der Waals surface area contributed by atoms with Crippen LogP contribution in [0.1, 0.15) is 78.1 Å². The fourth-order valence-corrected chi connectivity index (χ4v) is 4.70. The lowest BCUT2D eigenvalue weighted by Crippen LogP contribution is -2.44. The van der Waals surface area contributed by atoms with Gasteiger partial charge in [0.25, 0.3) is 0 Å². The van der Waals surface area contributed by atoms with Crippen molar-refractivity contribution in [3.8, 4) is 0 Å². The summed E-state index contributed by atoms with van der Waals surface area (Å²) in [7, 11) is 0. The van der Waals surface area contributed by atoms with Crippen LogP contribution < -0.4 is 0 Å². The van der Waals surface area contributed by atoms with E-state index in [1.807, 2.05) is 0 Å². The summed E-state index contributed by atoms with van der Waals surface area (Å²) in [5.41, 5.74) is 0.154. The molecule has 0 aromatic carbocycles. The monoisotopic (exact) mass is 330 g/mol. The van der Waals surface area contributed by atoms with Crippen LogP contribution >= 0.6 is 15.9 Å². The van der Waals surface area contributed by atoms with Gasteiger partial charge in [0.2, 0.25) is 0 Å². The number of ether oxygens (including phenoxy) is 1. The van der Waals surface area contributed by atoms with Crippen LogP contribution in [0, 0.1) is 11.8 Å². The maximum atomic E-state index is 6.72. The van der Waals surface area contributed by atoms with Crippen molar-refractivity contribution < 1.29 is 4.74 Å². The molecule has 0 N–H and O–H groups in total. The summed E-state index contributed by atoms with van der Waals surface area (Å²) in [5.74, 6) is 1.76. The highest BCUT2D eigenvalue weighted by Gasteiger charge is 2.39.